The zero-order valence-corrected chi connectivity index (χ0v) is 8.83. The number of carbonyl (C=O) groups excluding carboxylic acids is 1. The molecule has 1 atom stereocenters. The molecule has 0 spiro atoms. The number of rotatable bonds is 2. The van der Waals surface area contributed by atoms with Gasteiger partial charge in [0.1, 0.15) is 0 Å². The molecular weight excluding hydrogens is 176 g/mol. The van der Waals surface area contributed by atoms with Crippen LogP contribution in [-0.4, -0.2) is 23.9 Å². The van der Waals surface area contributed by atoms with Crippen molar-refractivity contribution < 1.29 is 4.79 Å². The monoisotopic (exact) mass is 194 g/mol. The van der Waals surface area contributed by atoms with Crippen LogP contribution >= 0.6 is 0 Å². The van der Waals surface area contributed by atoms with E-state index >= 15 is 0 Å². The first-order valence-electron chi connectivity index (χ1n) is 5.41. The molecule has 1 fully saturated rings. The topological polar surface area (TPSA) is 44.1 Å². The largest absolute Gasteiger partial charge is 0.341 e. The van der Waals surface area contributed by atoms with Gasteiger partial charge in [0, 0.05) is 19.5 Å². The second kappa shape index (κ2) is 5.64. The highest BCUT2D eigenvalue weighted by Crippen LogP contribution is 2.12. The summed E-state index contributed by atoms with van der Waals surface area (Å²) in [6.45, 7) is 3.31. The fourth-order valence-corrected chi connectivity index (χ4v) is 1.78. The van der Waals surface area contributed by atoms with Crippen LogP contribution in [0.2, 0.25) is 0 Å². The van der Waals surface area contributed by atoms with Gasteiger partial charge < -0.3 is 4.90 Å². The Bertz CT molecular complexity index is 232. The Hall–Kier alpha value is -1.04. The molecule has 1 saturated heterocycles. The number of nitriles is 1. The Morgan fingerprint density at radius 1 is 1.43 bits per heavy atom. The molecule has 0 radical (unpaired) electrons. The molecule has 3 nitrogen and oxygen atoms in total. The third-order valence-corrected chi connectivity index (χ3v) is 2.64. The first-order valence-corrected chi connectivity index (χ1v) is 5.41. The fraction of sp³-hybridized carbons (Fsp3) is 0.818. The number of likely N-dealkylation sites (tertiary alicyclic amines) is 1. The molecule has 78 valence electrons. The molecule has 0 aromatic carbocycles. The van der Waals surface area contributed by atoms with Gasteiger partial charge in [-0.25, -0.2) is 0 Å². The van der Waals surface area contributed by atoms with Crippen LogP contribution in [-0.2, 0) is 4.79 Å². The Morgan fingerprint density at radius 3 is 2.86 bits per heavy atom. The second-order valence-electron chi connectivity index (χ2n) is 4.03. The molecule has 1 unspecified atom stereocenters. The standard InChI is InChI=1S/C11H18N2O/c1-10(8-12)9-13-7-5-3-2-4-6-11(13)14/h10H,2-7,9H2,1H3. The van der Waals surface area contributed by atoms with Gasteiger partial charge in [0.05, 0.1) is 12.0 Å². The number of carbonyl (C=O) groups is 1. The molecule has 14 heavy (non-hydrogen) atoms. The molecule has 0 bridgehead atoms. The van der Waals surface area contributed by atoms with E-state index in [4.69, 9.17) is 5.26 Å². The second-order valence-corrected chi connectivity index (χ2v) is 4.03. The van der Waals surface area contributed by atoms with Crippen LogP contribution in [0, 0.1) is 17.2 Å². The minimum Gasteiger partial charge on any atom is -0.341 e. The minimum absolute atomic E-state index is 0.0432. The molecule has 0 aromatic rings. The Labute approximate surface area is 85.7 Å². The number of nitrogens with zero attached hydrogens (tertiary/aromatic N) is 2. The highest BCUT2D eigenvalue weighted by Gasteiger charge is 2.17. The summed E-state index contributed by atoms with van der Waals surface area (Å²) in [7, 11) is 0. The highest BCUT2D eigenvalue weighted by atomic mass is 16.2. The van der Waals surface area contributed by atoms with Crippen LogP contribution in [0.4, 0.5) is 0 Å². The van der Waals surface area contributed by atoms with Gasteiger partial charge in [0.2, 0.25) is 5.91 Å². The van der Waals surface area contributed by atoms with E-state index in [1.54, 1.807) is 0 Å². The van der Waals surface area contributed by atoms with E-state index in [1.807, 2.05) is 11.8 Å². The lowest BCUT2D eigenvalue weighted by Crippen LogP contribution is -2.36. The average Bonchev–Trinajstić information content (AvgIpc) is 2.17. The van der Waals surface area contributed by atoms with Gasteiger partial charge >= 0.3 is 0 Å². The molecule has 0 saturated carbocycles. The first kappa shape index (κ1) is 11.0. The Balaban J connectivity index is 2.46. The summed E-state index contributed by atoms with van der Waals surface area (Å²) in [6, 6.07) is 2.17. The van der Waals surface area contributed by atoms with Crippen molar-refractivity contribution in [1.82, 2.24) is 4.90 Å². The van der Waals surface area contributed by atoms with E-state index in [-0.39, 0.29) is 11.8 Å². The maximum Gasteiger partial charge on any atom is 0.222 e. The average molecular weight is 194 g/mol. The normalized spacial score (nSPS) is 20.9. The van der Waals surface area contributed by atoms with Crippen molar-refractivity contribution >= 4 is 5.91 Å². The van der Waals surface area contributed by atoms with Crippen molar-refractivity contribution in [1.29, 1.82) is 5.26 Å². The maximum atomic E-state index is 11.6. The van der Waals surface area contributed by atoms with E-state index in [0.717, 1.165) is 19.4 Å². The van der Waals surface area contributed by atoms with Crippen molar-refractivity contribution in [2.75, 3.05) is 13.1 Å². The zero-order chi connectivity index (χ0) is 10.4. The van der Waals surface area contributed by atoms with Crippen molar-refractivity contribution in [2.24, 2.45) is 5.92 Å². The predicted molar refractivity (Wildman–Crippen MR) is 54.4 cm³/mol. The van der Waals surface area contributed by atoms with Crippen LogP contribution in [0.5, 0.6) is 0 Å². The van der Waals surface area contributed by atoms with Gasteiger partial charge in [0.25, 0.3) is 0 Å². The maximum absolute atomic E-state index is 11.6. The summed E-state index contributed by atoms with van der Waals surface area (Å²) in [5.74, 6) is 0.185. The molecule has 1 aliphatic rings. The molecule has 1 aliphatic heterocycles. The molecule has 1 rings (SSSR count). The van der Waals surface area contributed by atoms with Crippen LogP contribution in [0.15, 0.2) is 0 Å². The number of amides is 1. The lowest BCUT2D eigenvalue weighted by atomic mass is 10.1. The van der Waals surface area contributed by atoms with Gasteiger partial charge in [-0.1, -0.05) is 12.8 Å². The van der Waals surface area contributed by atoms with Gasteiger partial charge in [0.15, 0.2) is 0 Å². The molecular formula is C11H18N2O. The Kier molecular flexibility index (Phi) is 4.45. The van der Waals surface area contributed by atoms with Crippen molar-refractivity contribution in [2.45, 2.75) is 39.0 Å². The third-order valence-electron chi connectivity index (χ3n) is 2.64. The SMILES string of the molecule is CC(C#N)CN1CCCCCCC1=O. The lowest BCUT2D eigenvalue weighted by Gasteiger charge is -2.25. The van der Waals surface area contributed by atoms with Gasteiger partial charge in [-0.2, -0.15) is 5.26 Å². The summed E-state index contributed by atoms with van der Waals surface area (Å²) in [4.78, 5) is 13.5. The van der Waals surface area contributed by atoms with E-state index in [2.05, 4.69) is 6.07 Å². The van der Waals surface area contributed by atoms with E-state index < -0.39 is 0 Å². The minimum atomic E-state index is -0.0432. The van der Waals surface area contributed by atoms with E-state index in [1.165, 1.54) is 12.8 Å². The van der Waals surface area contributed by atoms with Gasteiger partial charge in [-0.05, 0) is 19.8 Å². The first-order chi connectivity index (χ1) is 6.74. The summed E-state index contributed by atoms with van der Waals surface area (Å²) >= 11 is 0. The summed E-state index contributed by atoms with van der Waals surface area (Å²) in [6.07, 6.45) is 5.15. The summed E-state index contributed by atoms with van der Waals surface area (Å²) in [5, 5.41) is 8.69. The predicted octanol–water partition coefficient (Wildman–Crippen LogP) is 1.94. The highest BCUT2D eigenvalue weighted by molar-refractivity contribution is 5.76. The van der Waals surface area contributed by atoms with Crippen molar-refractivity contribution in [3.05, 3.63) is 0 Å². The van der Waals surface area contributed by atoms with Crippen LogP contribution < -0.4 is 0 Å². The number of hydrogen-bond acceptors (Lipinski definition) is 2. The molecule has 3 heteroatoms. The van der Waals surface area contributed by atoms with Crippen LogP contribution in [0.1, 0.15) is 39.0 Å². The Morgan fingerprint density at radius 2 is 2.14 bits per heavy atom. The van der Waals surface area contributed by atoms with Crippen molar-refractivity contribution in [3.8, 4) is 6.07 Å². The van der Waals surface area contributed by atoms with Crippen LogP contribution in [0.3, 0.4) is 0 Å². The van der Waals surface area contributed by atoms with Crippen molar-refractivity contribution in [3.63, 3.8) is 0 Å². The molecule has 0 aliphatic carbocycles. The van der Waals surface area contributed by atoms with E-state index in [9.17, 15) is 4.79 Å². The molecule has 0 N–H and O–H groups in total. The van der Waals surface area contributed by atoms with Gasteiger partial charge in [-0.15, -0.1) is 0 Å². The molecule has 0 aromatic heterocycles. The summed E-state index contributed by atoms with van der Waals surface area (Å²) < 4.78 is 0. The smallest absolute Gasteiger partial charge is 0.222 e. The zero-order valence-electron chi connectivity index (χ0n) is 8.83. The number of hydrogen-bond donors (Lipinski definition) is 0. The third kappa shape index (κ3) is 3.37. The van der Waals surface area contributed by atoms with Gasteiger partial charge in [-0.3, -0.25) is 4.79 Å². The lowest BCUT2D eigenvalue weighted by molar-refractivity contribution is -0.132. The molecule has 1 heterocycles. The molecule has 1 amide bonds. The van der Waals surface area contributed by atoms with Crippen LogP contribution in [0.25, 0.3) is 0 Å². The quantitative estimate of drug-likeness (QED) is 0.674. The fourth-order valence-electron chi connectivity index (χ4n) is 1.78. The van der Waals surface area contributed by atoms with E-state index in [0.29, 0.717) is 13.0 Å². The summed E-state index contributed by atoms with van der Waals surface area (Å²) in [5.41, 5.74) is 0.